The number of nitrogens with zero attached hydrogens (tertiary/aromatic N) is 1. The standard InChI is InChI=1S/C15H18N2O3/c1-9(12-5-7-13(19-4)8-6-12)16-15(18)14-10(2)17-20-11(14)3/h5-9H,1-4H3,(H,16,18)/t9-/m0/s1. The zero-order chi connectivity index (χ0) is 14.7. The van der Waals surface area contributed by atoms with Crippen molar-refractivity contribution in [2.24, 2.45) is 0 Å². The summed E-state index contributed by atoms with van der Waals surface area (Å²) in [5.74, 6) is 1.14. The number of nitrogens with one attached hydrogen (secondary N) is 1. The maximum atomic E-state index is 12.2. The van der Waals surface area contributed by atoms with Gasteiger partial charge in [-0.1, -0.05) is 17.3 Å². The van der Waals surface area contributed by atoms with Crippen molar-refractivity contribution < 1.29 is 14.1 Å². The van der Waals surface area contributed by atoms with Crippen LogP contribution in [0.3, 0.4) is 0 Å². The second kappa shape index (κ2) is 5.77. The average molecular weight is 274 g/mol. The van der Waals surface area contributed by atoms with Gasteiger partial charge in [-0.2, -0.15) is 0 Å². The van der Waals surface area contributed by atoms with E-state index in [1.54, 1.807) is 21.0 Å². The Bertz CT molecular complexity index is 583. The van der Waals surface area contributed by atoms with Crippen LogP contribution >= 0.6 is 0 Å². The summed E-state index contributed by atoms with van der Waals surface area (Å²) in [5.41, 5.74) is 2.11. The highest BCUT2D eigenvalue weighted by Gasteiger charge is 2.19. The molecular weight excluding hydrogens is 256 g/mol. The van der Waals surface area contributed by atoms with E-state index in [0.717, 1.165) is 11.3 Å². The largest absolute Gasteiger partial charge is 0.497 e. The van der Waals surface area contributed by atoms with E-state index in [1.165, 1.54) is 0 Å². The molecule has 0 saturated carbocycles. The number of ether oxygens (including phenoxy) is 1. The highest BCUT2D eigenvalue weighted by molar-refractivity contribution is 5.96. The maximum Gasteiger partial charge on any atom is 0.257 e. The van der Waals surface area contributed by atoms with Gasteiger partial charge >= 0.3 is 0 Å². The van der Waals surface area contributed by atoms with E-state index in [2.05, 4.69) is 10.5 Å². The SMILES string of the molecule is COc1ccc([C@H](C)NC(=O)c2c(C)noc2C)cc1. The number of amides is 1. The lowest BCUT2D eigenvalue weighted by Crippen LogP contribution is -2.27. The van der Waals surface area contributed by atoms with Crippen LogP contribution in [-0.4, -0.2) is 18.2 Å². The molecule has 0 saturated heterocycles. The molecule has 0 radical (unpaired) electrons. The smallest absolute Gasteiger partial charge is 0.257 e. The summed E-state index contributed by atoms with van der Waals surface area (Å²) >= 11 is 0. The first kappa shape index (κ1) is 14.1. The van der Waals surface area contributed by atoms with Gasteiger partial charge < -0.3 is 14.6 Å². The molecule has 1 atom stereocenters. The Labute approximate surface area is 117 Å². The van der Waals surface area contributed by atoms with Gasteiger partial charge in [-0.05, 0) is 38.5 Å². The molecule has 5 heteroatoms. The summed E-state index contributed by atoms with van der Waals surface area (Å²) in [6.45, 7) is 5.41. The van der Waals surface area contributed by atoms with Crippen LogP contribution in [0.25, 0.3) is 0 Å². The van der Waals surface area contributed by atoms with Crippen LogP contribution in [0, 0.1) is 13.8 Å². The molecule has 1 amide bonds. The molecular formula is C15H18N2O3. The number of methoxy groups -OCH3 is 1. The molecule has 2 aromatic rings. The van der Waals surface area contributed by atoms with Crippen LogP contribution in [0.1, 0.15) is 40.3 Å². The summed E-state index contributed by atoms with van der Waals surface area (Å²) in [5, 5.41) is 6.73. The monoisotopic (exact) mass is 274 g/mol. The lowest BCUT2D eigenvalue weighted by atomic mass is 10.1. The number of aryl methyl sites for hydroxylation is 2. The first-order valence-electron chi connectivity index (χ1n) is 6.40. The Kier molecular flexibility index (Phi) is 4.08. The second-order valence-electron chi connectivity index (χ2n) is 4.67. The predicted octanol–water partition coefficient (Wildman–Crippen LogP) is 2.79. The van der Waals surface area contributed by atoms with Crippen molar-refractivity contribution in [3.8, 4) is 5.75 Å². The van der Waals surface area contributed by atoms with Crippen molar-refractivity contribution >= 4 is 5.91 Å². The van der Waals surface area contributed by atoms with Gasteiger partial charge in [0, 0.05) is 0 Å². The molecule has 1 aromatic heterocycles. The third-order valence-corrected chi connectivity index (χ3v) is 3.22. The Morgan fingerprint density at radius 1 is 1.30 bits per heavy atom. The highest BCUT2D eigenvalue weighted by atomic mass is 16.5. The number of hydrogen-bond donors (Lipinski definition) is 1. The first-order valence-corrected chi connectivity index (χ1v) is 6.40. The van der Waals surface area contributed by atoms with E-state index in [9.17, 15) is 4.79 Å². The molecule has 0 fully saturated rings. The van der Waals surface area contributed by atoms with Crippen LogP contribution < -0.4 is 10.1 Å². The quantitative estimate of drug-likeness (QED) is 0.931. The molecule has 1 N–H and O–H groups in total. The van der Waals surface area contributed by atoms with E-state index in [-0.39, 0.29) is 11.9 Å². The van der Waals surface area contributed by atoms with Crippen molar-refractivity contribution in [2.75, 3.05) is 7.11 Å². The number of hydrogen-bond acceptors (Lipinski definition) is 4. The van der Waals surface area contributed by atoms with E-state index >= 15 is 0 Å². The maximum absolute atomic E-state index is 12.2. The van der Waals surface area contributed by atoms with E-state index in [4.69, 9.17) is 9.26 Å². The molecule has 1 heterocycles. The lowest BCUT2D eigenvalue weighted by Gasteiger charge is -2.14. The van der Waals surface area contributed by atoms with Crippen molar-refractivity contribution in [3.05, 3.63) is 46.8 Å². The molecule has 0 unspecified atom stereocenters. The minimum absolute atomic E-state index is 0.109. The number of carbonyl (C=O) groups excluding carboxylic acids is 1. The Balaban J connectivity index is 2.11. The number of benzene rings is 1. The van der Waals surface area contributed by atoms with Gasteiger partial charge in [0.15, 0.2) is 0 Å². The zero-order valence-electron chi connectivity index (χ0n) is 12.1. The Morgan fingerprint density at radius 2 is 1.95 bits per heavy atom. The first-order chi connectivity index (χ1) is 9.52. The van der Waals surface area contributed by atoms with Gasteiger partial charge in [0.2, 0.25) is 0 Å². The molecule has 0 aliphatic heterocycles. The summed E-state index contributed by atoms with van der Waals surface area (Å²) in [7, 11) is 1.62. The fourth-order valence-electron chi connectivity index (χ4n) is 2.05. The topological polar surface area (TPSA) is 64.4 Å². The van der Waals surface area contributed by atoms with Gasteiger partial charge in [-0.15, -0.1) is 0 Å². The zero-order valence-corrected chi connectivity index (χ0v) is 12.1. The van der Waals surface area contributed by atoms with Crippen molar-refractivity contribution in [3.63, 3.8) is 0 Å². The number of carbonyl (C=O) groups is 1. The third-order valence-electron chi connectivity index (χ3n) is 3.22. The van der Waals surface area contributed by atoms with Crippen LogP contribution in [0.2, 0.25) is 0 Å². The molecule has 5 nitrogen and oxygen atoms in total. The fourth-order valence-corrected chi connectivity index (χ4v) is 2.05. The normalized spacial score (nSPS) is 12.0. The summed E-state index contributed by atoms with van der Waals surface area (Å²) < 4.78 is 10.1. The van der Waals surface area contributed by atoms with E-state index in [0.29, 0.717) is 17.0 Å². The minimum Gasteiger partial charge on any atom is -0.497 e. The lowest BCUT2D eigenvalue weighted by molar-refractivity contribution is 0.0938. The fraction of sp³-hybridized carbons (Fsp3) is 0.333. The minimum atomic E-state index is -0.176. The summed E-state index contributed by atoms with van der Waals surface area (Å²) in [4.78, 5) is 12.2. The highest BCUT2D eigenvalue weighted by Crippen LogP contribution is 2.19. The van der Waals surface area contributed by atoms with Gasteiger partial charge in [0.05, 0.1) is 18.8 Å². The van der Waals surface area contributed by atoms with Gasteiger partial charge in [0.1, 0.15) is 17.1 Å². The molecule has 20 heavy (non-hydrogen) atoms. The summed E-state index contributed by atoms with van der Waals surface area (Å²) in [6.07, 6.45) is 0. The van der Waals surface area contributed by atoms with Crippen LogP contribution in [0.5, 0.6) is 5.75 Å². The van der Waals surface area contributed by atoms with Crippen LogP contribution in [-0.2, 0) is 0 Å². The van der Waals surface area contributed by atoms with Gasteiger partial charge in [-0.25, -0.2) is 0 Å². The van der Waals surface area contributed by atoms with Gasteiger partial charge in [0.25, 0.3) is 5.91 Å². The molecule has 0 bridgehead atoms. The van der Waals surface area contributed by atoms with E-state index in [1.807, 2.05) is 31.2 Å². The third kappa shape index (κ3) is 2.82. The second-order valence-corrected chi connectivity index (χ2v) is 4.67. The Hall–Kier alpha value is -2.30. The average Bonchev–Trinajstić information content (AvgIpc) is 2.78. The summed E-state index contributed by atoms with van der Waals surface area (Å²) in [6, 6.07) is 7.48. The van der Waals surface area contributed by atoms with E-state index < -0.39 is 0 Å². The molecule has 0 spiro atoms. The molecule has 0 aliphatic rings. The van der Waals surface area contributed by atoms with Crippen LogP contribution in [0.15, 0.2) is 28.8 Å². The predicted molar refractivity (Wildman–Crippen MR) is 74.9 cm³/mol. The van der Waals surface area contributed by atoms with Crippen LogP contribution in [0.4, 0.5) is 0 Å². The van der Waals surface area contributed by atoms with Crippen molar-refractivity contribution in [2.45, 2.75) is 26.8 Å². The Morgan fingerprint density at radius 3 is 2.45 bits per heavy atom. The molecule has 1 aromatic carbocycles. The van der Waals surface area contributed by atoms with Crippen molar-refractivity contribution in [1.82, 2.24) is 10.5 Å². The van der Waals surface area contributed by atoms with Gasteiger partial charge in [-0.3, -0.25) is 4.79 Å². The molecule has 2 rings (SSSR count). The molecule has 106 valence electrons. The number of rotatable bonds is 4. The van der Waals surface area contributed by atoms with Crippen molar-refractivity contribution in [1.29, 1.82) is 0 Å². The molecule has 0 aliphatic carbocycles. The number of aromatic nitrogens is 1.